The SMILES string of the molecule is CCCCNC(=O)C(c1cccc(C)c1)N(C(=O)C(Cc1ccccc1)NC(=O)OC(C)(C)C)C1CC1. The van der Waals surface area contributed by atoms with Crippen molar-refractivity contribution < 1.29 is 19.1 Å². The first-order valence-corrected chi connectivity index (χ1v) is 13.3. The highest BCUT2D eigenvalue weighted by Gasteiger charge is 2.44. The Morgan fingerprint density at radius 1 is 1.05 bits per heavy atom. The summed E-state index contributed by atoms with van der Waals surface area (Å²) in [7, 11) is 0. The van der Waals surface area contributed by atoms with Crippen molar-refractivity contribution in [1.29, 1.82) is 0 Å². The van der Waals surface area contributed by atoms with Crippen LogP contribution in [0.1, 0.15) is 76.1 Å². The van der Waals surface area contributed by atoms with E-state index in [0.717, 1.165) is 42.4 Å². The lowest BCUT2D eigenvalue weighted by Gasteiger charge is -2.35. The Labute approximate surface area is 221 Å². The molecule has 2 N–H and O–H groups in total. The van der Waals surface area contributed by atoms with Gasteiger partial charge in [-0.25, -0.2) is 4.79 Å². The van der Waals surface area contributed by atoms with E-state index < -0.39 is 23.8 Å². The molecule has 7 nitrogen and oxygen atoms in total. The molecule has 0 aliphatic heterocycles. The lowest BCUT2D eigenvalue weighted by Crippen LogP contribution is -2.54. The first kappa shape index (κ1) is 28.2. The Kier molecular flexibility index (Phi) is 9.73. The van der Waals surface area contributed by atoms with Crippen molar-refractivity contribution in [2.75, 3.05) is 6.54 Å². The molecule has 1 aliphatic rings. The number of hydrogen-bond donors (Lipinski definition) is 2. The Balaban J connectivity index is 1.97. The summed E-state index contributed by atoms with van der Waals surface area (Å²) in [5.74, 6) is -0.482. The van der Waals surface area contributed by atoms with E-state index in [0.29, 0.717) is 13.0 Å². The van der Waals surface area contributed by atoms with Crippen molar-refractivity contribution >= 4 is 17.9 Å². The number of carbonyl (C=O) groups is 3. The van der Waals surface area contributed by atoms with Gasteiger partial charge in [0.1, 0.15) is 17.7 Å². The Morgan fingerprint density at radius 3 is 2.35 bits per heavy atom. The van der Waals surface area contributed by atoms with Crippen molar-refractivity contribution in [2.24, 2.45) is 0 Å². The summed E-state index contributed by atoms with van der Waals surface area (Å²) in [6, 6.07) is 15.6. The van der Waals surface area contributed by atoms with Crippen molar-refractivity contribution in [3.8, 4) is 0 Å². The van der Waals surface area contributed by atoms with Gasteiger partial charge in [-0.2, -0.15) is 0 Å². The highest BCUT2D eigenvalue weighted by molar-refractivity contribution is 5.92. The number of nitrogens with one attached hydrogen (secondary N) is 2. The van der Waals surface area contributed by atoms with Gasteiger partial charge in [-0.15, -0.1) is 0 Å². The molecule has 1 saturated carbocycles. The first-order chi connectivity index (χ1) is 17.6. The van der Waals surface area contributed by atoms with Crippen LogP contribution in [0, 0.1) is 6.92 Å². The molecule has 0 bridgehead atoms. The maximum absolute atomic E-state index is 14.2. The molecule has 0 spiro atoms. The number of benzene rings is 2. The summed E-state index contributed by atoms with van der Waals surface area (Å²) in [5, 5.41) is 5.85. The normalized spacial score (nSPS) is 14.8. The van der Waals surface area contributed by atoms with Crippen molar-refractivity contribution in [3.05, 3.63) is 71.3 Å². The maximum atomic E-state index is 14.2. The van der Waals surface area contributed by atoms with Crippen LogP contribution in [-0.2, 0) is 20.7 Å². The van der Waals surface area contributed by atoms with Gasteiger partial charge < -0.3 is 20.3 Å². The molecule has 0 radical (unpaired) electrons. The quantitative estimate of drug-likeness (QED) is 0.415. The molecular formula is C30H41N3O4. The van der Waals surface area contributed by atoms with Crippen molar-refractivity contribution in [3.63, 3.8) is 0 Å². The Morgan fingerprint density at radius 2 is 1.76 bits per heavy atom. The van der Waals surface area contributed by atoms with Crippen molar-refractivity contribution in [1.82, 2.24) is 15.5 Å². The second-order valence-corrected chi connectivity index (χ2v) is 10.8. The van der Waals surface area contributed by atoms with E-state index in [-0.39, 0.29) is 17.9 Å². The topological polar surface area (TPSA) is 87.7 Å². The molecule has 3 rings (SSSR count). The molecule has 2 aromatic carbocycles. The zero-order valence-electron chi connectivity index (χ0n) is 22.8. The molecule has 1 fully saturated rings. The van der Waals surface area contributed by atoms with Gasteiger partial charge in [0.05, 0.1) is 0 Å². The fourth-order valence-electron chi connectivity index (χ4n) is 4.31. The van der Waals surface area contributed by atoms with Crippen LogP contribution in [0.4, 0.5) is 4.79 Å². The summed E-state index contributed by atoms with van der Waals surface area (Å²) >= 11 is 0. The lowest BCUT2D eigenvalue weighted by atomic mass is 9.99. The van der Waals surface area contributed by atoms with Crippen LogP contribution in [0.5, 0.6) is 0 Å². The molecule has 200 valence electrons. The Bertz CT molecular complexity index is 1060. The van der Waals surface area contributed by atoms with E-state index in [1.807, 2.05) is 61.5 Å². The largest absolute Gasteiger partial charge is 0.444 e. The summed E-state index contributed by atoms with van der Waals surface area (Å²) in [5.41, 5.74) is 1.99. The third-order valence-electron chi connectivity index (χ3n) is 6.18. The van der Waals surface area contributed by atoms with Crippen LogP contribution in [-0.4, -0.2) is 47.0 Å². The van der Waals surface area contributed by atoms with Gasteiger partial charge in [-0.3, -0.25) is 9.59 Å². The molecule has 0 heterocycles. The number of ether oxygens (including phenoxy) is 1. The molecule has 0 saturated heterocycles. The predicted octanol–water partition coefficient (Wildman–Crippen LogP) is 5.08. The minimum atomic E-state index is -0.881. The zero-order chi connectivity index (χ0) is 27.0. The second-order valence-electron chi connectivity index (χ2n) is 10.8. The predicted molar refractivity (Wildman–Crippen MR) is 145 cm³/mol. The van der Waals surface area contributed by atoms with Gasteiger partial charge >= 0.3 is 6.09 Å². The van der Waals surface area contributed by atoms with Gasteiger partial charge in [-0.1, -0.05) is 73.5 Å². The summed E-state index contributed by atoms with van der Waals surface area (Å²) < 4.78 is 5.49. The van der Waals surface area contributed by atoms with Crippen LogP contribution in [0.3, 0.4) is 0 Å². The fraction of sp³-hybridized carbons (Fsp3) is 0.500. The van der Waals surface area contributed by atoms with Crippen LogP contribution in [0.2, 0.25) is 0 Å². The number of alkyl carbamates (subject to hydrolysis) is 1. The molecule has 0 aromatic heterocycles. The lowest BCUT2D eigenvalue weighted by molar-refractivity contribution is -0.143. The number of amides is 3. The van der Waals surface area contributed by atoms with E-state index in [9.17, 15) is 14.4 Å². The standard InChI is InChI=1S/C30H41N3O4/c1-6-7-18-31-27(34)26(23-15-11-12-21(2)19-23)33(24-16-17-24)28(35)25(20-22-13-9-8-10-14-22)32-29(36)37-30(3,4)5/h8-15,19,24-26H,6-7,16-18,20H2,1-5H3,(H,31,34)(H,32,36). The maximum Gasteiger partial charge on any atom is 0.408 e. The number of unbranched alkanes of at least 4 members (excludes halogenated alkanes) is 1. The number of rotatable bonds is 11. The highest BCUT2D eigenvalue weighted by atomic mass is 16.6. The number of hydrogen-bond acceptors (Lipinski definition) is 4. The second kappa shape index (κ2) is 12.7. The average molecular weight is 508 g/mol. The van der Waals surface area contributed by atoms with E-state index >= 15 is 0 Å². The van der Waals surface area contributed by atoms with Crippen LogP contribution in [0.15, 0.2) is 54.6 Å². The highest BCUT2D eigenvalue weighted by Crippen LogP contribution is 2.36. The van der Waals surface area contributed by atoms with E-state index in [1.165, 1.54) is 0 Å². The average Bonchev–Trinajstić information content (AvgIpc) is 3.66. The molecule has 2 aromatic rings. The Hall–Kier alpha value is -3.35. The number of carbonyl (C=O) groups excluding carboxylic acids is 3. The minimum absolute atomic E-state index is 0.0614. The smallest absolute Gasteiger partial charge is 0.408 e. The molecule has 2 unspecified atom stereocenters. The summed E-state index contributed by atoms with van der Waals surface area (Å²) in [4.78, 5) is 42.3. The summed E-state index contributed by atoms with van der Waals surface area (Å²) in [6.07, 6.45) is 3.10. The zero-order valence-corrected chi connectivity index (χ0v) is 22.8. The third kappa shape index (κ3) is 8.62. The van der Waals surface area contributed by atoms with Gasteiger partial charge in [0.25, 0.3) is 0 Å². The minimum Gasteiger partial charge on any atom is -0.444 e. The molecule has 37 heavy (non-hydrogen) atoms. The van der Waals surface area contributed by atoms with E-state index in [4.69, 9.17) is 4.74 Å². The van der Waals surface area contributed by atoms with Crippen LogP contribution in [0.25, 0.3) is 0 Å². The van der Waals surface area contributed by atoms with E-state index in [1.54, 1.807) is 25.7 Å². The summed E-state index contributed by atoms with van der Waals surface area (Å²) in [6.45, 7) is 9.94. The van der Waals surface area contributed by atoms with E-state index in [2.05, 4.69) is 17.6 Å². The molecular weight excluding hydrogens is 466 g/mol. The third-order valence-corrected chi connectivity index (χ3v) is 6.18. The molecule has 2 atom stereocenters. The van der Waals surface area contributed by atoms with Gasteiger partial charge in [-0.05, 0) is 58.1 Å². The van der Waals surface area contributed by atoms with Gasteiger partial charge in [0.2, 0.25) is 11.8 Å². The molecule has 3 amide bonds. The first-order valence-electron chi connectivity index (χ1n) is 13.3. The fourth-order valence-corrected chi connectivity index (χ4v) is 4.31. The molecule has 1 aliphatic carbocycles. The van der Waals surface area contributed by atoms with Gasteiger partial charge in [0, 0.05) is 19.0 Å². The van der Waals surface area contributed by atoms with Crippen LogP contribution < -0.4 is 10.6 Å². The number of nitrogens with zero attached hydrogens (tertiary/aromatic N) is 1. The molecule has 7 heteroatoms. The number of aryl methyl sites for hydroxylation is 1. The van der Waals surface area contributed by atoms with Gasteiger partial charge in [0.15, 0.2) is 0 Å². The van der Waals surface area contributed by atoms with Crippen LogP contribution >= 0.6 is 0 Å². The monoisotopic (exact) mass is 507 g/mol. The van der Waals surface area contributed by atoms with Crippen molar-refractivity contribution in [2.45, 2.75) is 90.4 Å².